The molecule has 6 nitrogen and oxygen atoms in total. The van der Waals surface area contributed by atoms with Crippen molar-refractivity contribution in [3.63, 3.8) is 0 Å². The molecular formula is C12H13N3O3. The predicted molar refractivity (Wildman–Crippen MR) is 64.9 cm³/mol. The van der Waals surface area contributed by atoms with E-state index in [0.717, 1.165) is 5.56 Å². The molecule has 0 amide bonds. The van der Waals surface area contributed by atoms with Gasteiger partial charge >= 0.3 is 0 Å². The van der Waals surface area contributed by atoms with Crippen LogP contribution in [0.4, 0.5) is 0 Å². The van der Waals surface area contributed by atoms with Crippen molar-refractivity contribution in [1.82, 2.24) is 14.8 Å². The van der Waals surface area contributed by atoms with Crippen LogP contribution in [-0.2, 0) is 6.54 Å². The highest BCUT2D eigenvalue weighted by Gasteiger charge is 2.09. The zero-order chi connectivity index (χ0) is 13.0. The topological polar surface area (TPSA) is 66.2 Å². The SMILES string of the molecule is COc1cc(=O)n(Cc2ccncc2)nc1OC. The lowest BCUT2D eigenvalue weighted by molar-refractivity contribution is 0.328. The fraction of sp³-hybridized carbons (Fsp3) is 0.250. The van der Waals surface area contributed by atoms with Gasteiger partial charge in [-0.05, 0) is 17.7 Å². The van der Waals surface area contributed by atoms with Gasteiger partial charge in [-0.1, -0.05) is 0 Å². The zero-order valence-corrected chi connectivity index (χ0v) is 10.2. The van der Waals surface area contributed by atoms with Crippen molar-refractivity contribution in [2.24, 2.45) is 0 Å². The van der Waals surface area contributed by atoms with Crippen LogP contribution < -0.4 is 15.0 Å². The Hall–Kier alpha value is -2.37. The summed E-state index contributed by atoms with van der Waals surface area (Å²) in [5.74, 6) is 0.611. The molecule has 0 aliphatic carbocycles. The molecule has 2 rings (SSSR count). The third kappa shape index (κ3) is 2.48. The Morgan fingerprint density at radius 3 is 2.56 bits per heavy atom. The molecule has 0 aliphatic heterocycles. The summed E-state index contributed by atoms with van der Waals surface area (Å²) in [7, 11) is 2.94. The number of ether oxygens (including phenoxy) is 2. The van der Waals surface area contributed by atoms with E-state index >= 15 is 0 Å². The van der Waals surface area contributed by atoms with Crippen molar-refractivity contribution < 1.29 is 9.47 Å². The summed E-state index contributed by atoms with van der Waals surface area (Å²) < 4.78 is 11.4. The summed E-state index contributed by atoms with van der Waals surface area (Å²) in [6.07, 6.45) is 3.34. The van der Waals surface area contributed by atoms with Gasteiger partial charge in [-0.25, -0.2) is 4.68 Å². The summed E-state index contributed by atoms with van der Waals surface area (Å²) in [6, 6.07) is 5.00. The smallest absolute Gasteiger partial charge is 0.274 e. The van der Waals surface area contributed by atoms with Crippen LogP contribution in [0.3, 0.4) is 0 Å². The molecule has 94 valence electrons. The number of hydrogen-bond donors (Lipinski definition) is 0. The maximum atomic E-state index is 11.8. The van der Waals surface area contributed by atoms with Crippen LogP contribution in [0, 0.1) is 0 Å². The summed E-state index contributed by atoms with van der Waals surface area (Å²) in [4.78, 5) is 15.7. The largest absolute Gasteiger partial charge is 0.491 e. The van der Waals surface area contributed by atoms with Gasteiger partial charge in [-0.2, -0.15) is 0 Å². The monoisotopic (exact) mass is 247 g/mol. The number of aromatic nitrogens is 3. The van der Waals surface area contributed by atoms with Crippen LogP contribution in [0.5, 0.6) is 11.6 Å². The number of methoxy groups -OCH3 is 2. The summed E-state index contributed by atoms with van der Waals surface area (Å²) >= 11 is 0. The highest BCUT2D eigenvalue weighted by atomic mass is 16.5. The quantitative estimate of drug-likeness (QED) is 0.795. The third-order valence-electron chi connectivity index (χ3n) is 2.43. The molecule has 0 atom stereocenters. The highest BCUT2D eigenvalue weighted by Crippen LogP contribution is 2.20. The standard InChI is InChI=1S/C12H13N3O3/c1-17-10-7-11(16)15(14-12(10)18-2)8-9-3-5-13-6-4-9/h3-7H,8H2,1-2H3. The Labute approximate surface area is 104 Å². The van der Waals surface area contributed by atoms with Gasteiger partial charge in [0.05, 0.1) is 26.8 Å². The first-order chi connectivity index (χ1) is 8.74. The van der Waals surface area contributed by atoms with Gasteiger partial charge in [0.2, 0.25) is 0 Å². The van der Waals surface area contributed by atoms with Gasteiger partial charge < -0.3 is 9.47 Å². The van der Waals surface area contributed by atoms with Crippen LogP contribution >= 0.6 is 0 Å². The van der Waals surface area contributed by atoms with Gasteiger partial charge in [0.1, 0.15) is 0 Å². The van der Waals surface area contributed by atoms with E-state index in [1.807, 2.05) is 12.1 Å². The first kappa shape index (κ1) is 12.1. The molecule has 0 radical (unpaired) electrons. The maximum Gasteiger partial charge on any atom is 0.274 e. The van der Waals surface area contributed by atoms with E-state index in [2.05, 4.69) is 10.1 Å². The van der Waals surface area contributed by atoms with Crippen LogP contribution in [0.2, 0.25) is 0 Å². The minimum Gasteiger partial charge on any atom is -0.491 e. The molecule has 2 aromatic rings. The Kier molecular flexibility index (Phi) is 3.57. The fourth-order valence-corrected chi connectivity index (χ4v) is 1.52. The highest BCUT2D eigenvalue weighted by molar-refractivity contribution is 5.30. The average Bonchev–Trinajstić information content (AvgIpc) is 2.41. The van der Waals surface area contributed by atoms with E-state index < -0.39 is 0 Å². The van der Waals surface area contributed by atoms with Crippen LogP contribution in [-0.4, -0.2) is 29.0 Å². The molecular weight excluding hydrogens is 234 g/mol. The molecule has 6 heteroatoms. The van der Waals surface area contributed by atoms with Gasteiger partial charge in [0.15, 0.2) is 5.75 Å². The molecule has 0 spiro atoms. The van der Waals surface area contributed by atoms with Gasteiger partial charge in [0.25, 0.3) is 11.4 Å². The number of hydrogen-bond acceptors (Lipinski definition) is 5. The maximum absolute atomic E-state index is 11.8. The molecule has 2 heterocycles. The molecule has 0 N–H and O–H groups in total. The van der Waals surface area contributed by atoms with E-state index in [1.165, 1.54) is 25.0 Å². The second-order valence-corrected chi connectivity index (χ2v) is 3.57. The Balaban J connectivity index is 2.37. The molecule has 0 aliphatic rings. The molecule has 2 aromatic heterocycles. The van der Waals surface area contributed by atoms with E-state index in [1.54, 1.807) is 12.4 Å². The number of rotatable bonds is 4. The summed E-state index contributed by atoms with van der Waals surface area (Å²) in [5, 5.41) is 4.09. The lowest BCUT2D eigenvalue weighted by Crippen LogP contribution is -2.23. The Morgan fingerprint density at radius 2 is 1.94 bits per heavy atom. The Bertz CT molecular complexity index is 581. The lowest BCUT2D eigenvalue weighted by Gasteiger charge is -2.09. The second kappa shape index (κ2) is 5.31. The normalized spacial score (nSPS) is 10.1. The minimum absolute atomic E-state index is 0.246. The van der Waals surface area contributed by atoms with Crippen LogP contribution in [0.25, 0.3) is 0 Å². The Morgan fingerprint density at radius 1 is 1.22 bits per heavy atom. The zero-order valence-electron chi connectivity index (χ0n) is 10.2. The molecule has 0 bridgehead atoms. The molecule has 0 saturated heterocycles. The van der Waals surface area contributed by atoms with E-state index in [9.17, 15) is 4.79 Å². The van der Waals surface area contributed by atoms with Crippen LogP contribution in [0.15, 0.2) is 35.4 Å². The second-order valence-electron chi connectivity index (χ2n) is 3.57. The van der Waals surface area contributed by atoms with E-state index in [0.29, 0.717) is 12.3 Å². The van der Waals surface area contributed by atoms with Crippen molar-refractivity contribution in [3.05, 3.63) is 46.5 Å². The number of nitrogens with zero attached hydrogens (tertiary/aromatic N) is 3. The predicted octanol–water partition coefficient (Wildman–Crippen LogP) is 0.704. The molecule has 0 unspecified atom stereocenters. The van der Waals surface area contributed by atoms with Crippen molar-refractivity contribution in [3.8, 4) is 11.6 Å². The lowest BCUT2D eigenvalue weighted by atomic mass is 10.3. The minimum atomic E-state index is -0.246. The first-order valence-electron chi connectivity index (χ1n) is 5.33. The van der Waals surface area contributed by atoms with Crippen molar-refractivity contribution in [2.45, 2.75) is 6.54 Å². The molecule has 0 saturated carbocycles. The molecule has 0 aromatic carbocycles. The molecule has 0 fully saturated rings. The number of pyridine rings is 1. The molecule has 18 heavy (non-hydrogen) atoms. The van der Waals surface area contributed by atoms with Crippen molar-refractivity contribution in [1.29, 1.82) is 0 Å². The van der Waals surface area contributed by atoms with Gasteiger partial charge in [-0.15, -0.1) is 5.10 Å². The van der Waals surface area contributed by atoms with Gasteiger partial charge in [0, 0.05) is 12.4 Å². The van der Waals surface area contributed by atoms with Crippen molar-refractivity contribution in [2.75, 3.05) is 14.2 Å². The average molecular weight is 247 g/mol. The van der Waals surface area contributed by atoms with Crippen LogP contribution in [0.1, 0.15) is 5.56 Å². The summed E-state index contributed by atoms with van der Waals surface area (Å²) in [6.45, 7) is 0.363. The van der Waals surface area contributed by atoms with Crippen molar-refractivity contribution >= 4 is 0 Å². The first-order valence-corrected chi connectivity index (χ1v) is 5.33. The van der Waals surface area contributed by atoms with Gasteiger partial charge in [-0.3, -0.25) is 9.78 Å². The fourth-order valence-electron chi connectivity index (χ4n) is 1.52. The summed E-state index contributed by atoms with van der Waals surface area (Å²) in [5.41, 5.74) is 0.691. The van der Waals surface area contributed by atoms with E-state index in [4.69, 9.17) is 9.47 Å². The van der Waals surface area contributed by atoms with E-state index in [-0.39, 0.29) is 11.4 Å². The third-order valence-corrected chi connectivity index (χ3v) is 2.43.